The summed E-state index contributed by atoms with van der Waals surface area (Å²) in [5.41, 5.74) is 1.85. The Hall–Kier alpha value is -0.410. The molecule has 0 bridgehead atoms. The van der Waals surface area contributed by atoms with E-state index in [0.717, 1.165) is 18.4 Å². The molecule has 1 aromatic rings. The lowest BCUT2D eigenvalue weighted by molar-refractivity contribution is 0.254. The lowest BCUT2D eigenvalue weighted by Gasteiger charge is -2.29. The molecular formula is C17H28N2S. The van der Waals surface area contributed by atoms with E-state index in [1.807, 2.05) is 11.3 Å². The molecule has 2 nitrogen and oxygen atoms in total. The Morgan fingerprint density at radius 2 is 1.90 bits per heavy atom. The molecule has 0 amide bonds. The van der Waals surface area contributed by atoms with Crippen LogP contribution in [0.1, 0.15) is 64.1 Å². The smallest absolute Gasteiger partial charge is 0.0934 e. The van der Waals surface area contributed by atoms with Gasteiger partial charge in [0, 0.05) is 29.8 Å². The first-order valence-electron chi connectivity index (χ1n) is 8.05. The van der Waals surface area contributed by atoms with Crippen molar-refractivity contribution < 1.29 is 0 Å². The first-order chi connectivity index (χ1) is 9.37. The first kappa shape index (κ1) is 14.5. The van der Waals surface area contributed by atoms with E-state index in [9.17, 15) is 0 Å². The van der Waals surface area contributed by atoms with Crippen LogP contribution in [0.15, 0.2) is 5.38 Å². The molecule has 0 spiro atoms. The minimum Gasteiger partial charge on any atom is -0.313 e. The molecule has 3 rings (SSSR count). The Bertz CT molecular complexity index is 466. The lowest BCUT2D eigenvalue weighted by Crippen LogP contribution is -2.36. The van der Waals surface area contributed by atoms with Crippen LogP contribution < -0.4 is 5.32 Å². The molecule has 1 atom stereocenters. The monoisotopic (exact) mass is 292 g/mol. The summed E-state index contributed by atoms with van der Waals surface area (Å²) < 4.78 is 0. The third-order valence-electron chi connectivity index (χ3n) is 4.81. The number of nitrogens with zero attached hydrogens (tertiary/aromatic N) is 1. The van der Waals surface area contributed by atoms with Crippen molar-refractivity contribution in [3.05, 3.63) is 16.1 Å². The Morgan fingerprint density at radius 1 is 1.20 bits per heavy atom. The van der Waals surface area contributed by atoms with Crippen LogP contribution in [0.25, 0.3) is 0 Å². The second-order valence-electron chi connectivity index (χ2n) is 8.14. The first-order valence-corrected chi connectivity index (χ1v) is 8.93. The highest BCUT2D eigenvalue weighted by Crippen LogP contribution is 2.47. The molecule has 112 valence electrons. The van der Waals surface area contributed by atoms with Crippen LogP contribution in [-0.2, 0) is 11.8 Å². The molecule has 0 aromatic carbocycles. The molecule has 0 radical (unpaired) electrons. The minimum absolute atomic E-state index is 0.178. The quantitative estimate of drug-likeness (QED) is 0.852. The second kappa shape index (κ2) is 5.10. The second-order valence-corrected chi connectivity index (χ2v) is 9.08. The topological polar surface area (TPSA) is 24.9 Å². The Balaban J connectivity index is 1.67. The van der Waals surface area contributed by atoms with Gasteiger partial charge in [-0.25, -0.2) is 4.98 Å². The van der Waals surface area contributed by atoms with Gasteiger partial charge < -0.3 is 5.32 Å². The van der Waals surface area contributed by atoms with Crippen LogP contribution in [0.4, 0.5) is 0 Å². The predicted molar refractivity (Wildman–Crippen MR) is 86.4 cm³/mol. The Kier molecular flexibility index (Phi) is 3.70. The van der Waals surface area contributed by atoms with Gasteiger partial charge in [0.2, 0.25) is 0 Å². The number of aromatic nitrogens is 1. The third kappa shape index (κ3) is 3.43. The van der Waals surface area contributed by atoms with Crippen molar-refractivity contribution in [1.82, 2.24) is 10.3 Å². The normalized spacial score (nSPS) is 22.8. The van der Waals surface area contributed by atoms with Gasteiger partial charge >= 0.3 is 0 Å². The maximum Gasteiger partial charge on any atom is 0.0934 e. The predicted octanol–water partition coefficient (Wildman–Crippen LogP) is 4.15. The molecule has 0 saturated heterocycles. The summed E-state index contributed by atoms with van der Waals surface area (Å²) in [5, 5.41) is 7.35. The number of thiazole rings is 1. The molecule has 1 aromatic heterocycles. The number of hydrogen-bond donors (Lipinski definition) is 1. The maximum atomic E-state index is 4.91. The van der Waals surface area contributed by atoms with Gasteiger partial charge in [-0.3, -0.25) is 0 Å². The average molecular weight is 292 g/mol. The van der Waals surface area contributed by atoms with E-state index < -0.39 is 0 Å². The van der Waals surface area contributed by atoms with Gasteiger partial charge in [0.25, 0.3) is 0 Å². The average Bonchev–Trinajstić information content (AvgIpc) is 3.25. The van der Waals surface area contributed by atoms with Gasteiger partial charge in [0.1, 0.15) is 0 Å². The van der Waals surface area contributed by atoms with Crippen LogP contribution in [0, 0.1) is 11.3 Å². The minimum atomic E-state index is 0.178. The summed E-state index contributed by atoms with van der Waals surface area (Å²) in [4.78, 5) is 4.91. The summed E-state index contributed by atoms with van der Waals surface area (Å²) in [5.74, 6) is 0.913. The molecular weight excluding hydrogens is 264 g/mol. The van der Waals surface area contributed by atoms with Crippen molar-refractivity contribution in [3.8, 4) is 0 Å². The van der Waals surface area contributed by atoms with Crippen LogP contribution >= 0.6 is 11.3 Å². The standard InChI is InChI=1S/C17H28N2S/c1-16(2,3)14-10-20-15(19-14)9-17(4,12-5-6-12)11-18-13-7-8-13/h10,12-13,18H,5-9,11H2,1-4H3. The van der Waals surface area contributed by atoms with Crippen LogP contribution in [0.2, 0.25) is 0 Å². The van der Waals surface area contributed by atoms with E-state index in [4.69, 9.17) is 4.98 Å². The highest BCUT2D eigenvalue weighted by Gasteiger charge is 2.42. The summed E-state index contributed by atoms with van der Waals surface area (Å²) in [7, 11) is 0. The van der Waals surface area contributed by atoms with Crippen molar-refractivity contribution in [3.63, 3.8) is 0 Å². The van der Waals surface area contributed by atoms with Gasteiger partial charge in [-0.05, 0) is 37.0 Å². The molecule has 20 heavy (non-hydrogen) atoms. The zero-order chi connectivity index (χ0) is 14.4. The highest BCUT2D eigenvalue weighted by molar-refractivity contribution is 7.09. The van der Waals surface area contributed by atoms with Gasteiger partial charge in [-0.2, -0.15) is 0 Å². The van der Waals surface area contributed by atoms with E-state index in [-0.39, 0.29) is 5.41 Å². The zero-order valence-electron chi connectivity index (χ0n) is 13.3. The van der Waals surface area contributed by atoms with Crippen LogP contribution in [-0.4, -0.2) is 17.6 Å². The molecule has 1 unspecified atom stereocenters. The SMILES string of the molecule is CC(C)(C)c1csc(CC(C)(CNC2CC2)C2CC2)n1. The third-order valence-corrected chi connectivity index (χ3v) is 5.66. The zero-order valence-corrected chi connectivity index (χ0v) is 14.1. The van der Waals surface area contributed by atoms with E-state index >= 15 is 0 Å². The van der Waals surface area contributed by atoms with Crippen LogP contribution in [0.3, 0.4) is 0 Å². The van der Waals surface area contributed by atoms with Gasteiger partial charge in [-0.1, -0.05) is 27.7 Å². The molecule has 2 aliphatic rings. The molecule has 2 fully saturated rings. The van der Waals surface area contributed by atoms with Crippen molar-refractivity contribution in [2.24, 2.45) is 11.3 Å². The summed E-state index contributed by atoms with van der Waals surface area (Å²) >= 11 is 1.86. The van der Waals surface area contributed by atoms with E-state index in [0.29, 0.717) is 5.41 Å². The Morgan fingerprint density at radius 3 is 2.40 bits per heavy atom. The fourth-order valence-corrected chi connectivity index (χ4v) is 4.10. The van der Waals surface area contributed by atoms with E-state index in [1.54, 1.807) is 0 Å². The molecule has 0 aliphatic heterocycles. The molecule has 2 saturated carbocycles. The summed E-state index contributed by atoms with van der Waals surface area (Å²) in [6.07, 6.45) is 6.75. The van der Waals surface area contributed by atoms with Gasteiger partial charge in [0.05, 0.1) is 10.7 Å². The molecule has 3 heteroatoms. The van der Waals surface area contributed by atoms with E-state index in [1.165, 1.54) is 42.9 Å². The molecule has 2 aliphatic carbocycles. The van der Waals surface area contributed by atoms with E-state index in [2.05, 4.69) is 38.4 Å². The lowest BCUT2D eigenvalue weighted by atomic mass is 9.81. The van der Waals surface area contributed by atoms with Crippen molar-refractivity contribution in [2.45, 2.75) is 71.3 Å². The van der Waals surface area contributed by atoms with Gasteiger partial charge in [0.15, 0.2) is 0 Å². The number of nitrogens with one attached hydrogen (secondary N) is 1. The summed E-state index contributed by atoms with van der Waals surface area (Å²) in [6, 6.07) is 0.814. The van der Waals surface area contributed by atoms with Crippen LogP contribution in [0.5, 0.6) is 0 Å². The molecule has 1 heterocycles. The fourth-order valence-electron chi connectivity index (χ4n) is 2.88. The molecule has 1 N–H and O–H groups in total. The van der Waals surface area contributed by atoms with Crippen molar-refractivity contribution in [2.75, 3.05) is 6.54 Å². The van der Waals surface area contributed by atoms with Gasteiger partial charge in [-0.15, -0.1) is 11.3 Å². The highest BCUT2D eigenvalue weighted by atomic mass is 32.1. The Labute approximate surface area is 127 Å². The number of rotatable bonds is 6. The fraction of sp³-hybridized carbons (Fsp3) is 0.824. The summed E-state index contributed by atoms with van der Waals surface area (Å²) in [6.45, 7) is 10.4. The van der Waals surface area contributed by atoms with Crippen molar-refractivity contribution in [1.29, 1.82) is 0 Å². The largest absolute Gasteiger partial charge is 0.313 e. The number of hydrogen-bond acceptors (Lipinski definition) is 3. The maximum absolute atomic E-state index is 4.91. The van der Waals surface area contributed by atoms with Crippen molar-refractivity contribution >= 4 is 11.3 Å².